The summed E-state index contributed by atoms with van der Waals surface area (Å²) in [6.07, 6.45) is 3.43. The summed E-state index contributed by atoms with van der Waals surface area (Å²) in [4.78, 5) is 4.02. The van der Waals surface area contributed by atoms with Crippen LogP contribution in [0.4, 0.5) is 0 Å². The molecule has 0 bridgehead atoms. The Hall–Kier alpha value is -2.16. The number of hydrogen-bond acceptors (Lipinski definition) is 4. The minimum atomic E-state index is 0.393. The highest BCUT2D eigenvalue weighted by molar-refractivity contribution is 5.43. The van der Waals surface area contributed by atoms with Gasteiger partial charge in [-0.3, -0.25) is 4.57 Å². The van der Waals surface area contributed by atoms with Crippen molar-refractivity contribution in [1.29, 1.82) is 5.26 Å². The first kappa shape index (κ1) is 13.3. The molecule has 0 amide bonds. The standard InChI is InChI=1S/C14H16N4O/c1-19-9-7-16-11-12-4-2-3-5-13(12)18-8-6-17-14(18)10-15/h2-6,8,16H,7,9,11H2,1H3. The van der Waals surface area contributed by atoms with E-state index in [-0.39, 0.29) is 0 Å². The van der Waals surface area contributed by atoms with E-state index in [1.807, 2.05) is 24.3 Å². The summed E-state index contributed by atoms with van der Waals surface area (Å²) in [5.41, 5.74) is 2.09. The van der Waals surface area contributed by atoms with Gasteiger partial charge in [0, 0.05) is 32.6 Å². The number of imidazole rings is 1. The third kappa shape index (κ3) is 3.19. The quantitative estimate of drug-likeness (QED) is 0.795. The van der Waals surface area contributed by atoms with Gasteiger partial charge < -0.3 is 10.1 Å². The van der Waals surface area contributed by atoms with Gasteiger partial charge >= 0.3 is 0 Å². The number of rotatable bonds is 6. The summed E-state index contributed by atoms with van der Waals surface area (Å²) in [6, 6.07) is 10.0. The number of benzene rings is 1. The zero-order chi connectivity index (χ0) is 13.5. The van der Waals surface area contributed by atoms with Crippen LogP contribution in [0.1, 0.15) is 11.4 Å². The highest BCUT2D eigenvalue weighted by Crippen LogP contribution is 2.15. The van der Waals surface area contributed by atoms with Crippen LogP contribution in [0.5, 0.6) is 0 Å². The third-order valence-electron chi connectivity index (χ3n) is 2.79. The molecule has 0 aliphatic heterocycles. The van der Waals surface area contributed by atoms with Gasteiger partial charge in [0.25, 0.3) is 0 Å². The van der Waals surface area contributed by atoms with E-state index in [0.717, 1.165) is 24.3 Å². The molecule has 2 aromatic rings. The van der Waals surface area contributed by atoms with Crippen molar-refractivity contribution < 1.29 is 4.74 Å². The van der Waals surface area contributed by atoms with E-state index in [4.69, 9.17) is 10.00 Å². The van der Waals surface area contributed by atoms with Crippen LogP contribution in [0.3, 0.4) is 0 Å². The van der Waals surface area contributed by atoms with Gasteiger partial charge in [-0.05, 0) is 11.6 Å². The lowest BCUT2D eigenvalue weighted by Gasteiger charge is -2.11. The van der Waals surface area contributed by atoms with Crippen molar-refractivity contribution >= 4 is 0 Å². The Kier molecular flexibility index (Phi) is 4.67. The van der Waals surface area contributed by atoms with Crippen molar-refractivity contribution in [3.63, 3.8) is 0 Å². The predicted octanol–water partition coefficient (Wildman–Crippen LogP) is 1.48. The zero-order valence-corrected chi connectivity index (χ0v) is 10.8. The minimum Gasteiger partial charge on any atom is -0.383 e. The van der Waals surface area contributed by atoms with Crippen molar-refractivity contribution in [3.05, 3.63) is 48.0 Å². The molecule has 0 aliphatic rings. The molecule has 0 unspecified atom stereocenters. The van der Waals surface area contributed by atoms with Crippen LogP contribution in [0.25, 0.3) is 5.69 Å². The Morgan fingerprint density at radius 3 is 3.05 bits per heavy atom. The van der Waals surface area contributed by atoms with E-state index in [9.17, 15) is 0 Å². The molecule has 5 nitrogen and oxygen atoms in total. The Labute approximate surface area is 112 Å². The van der Waals surface area contributed by atoms with E-state index in [1.165, 1.54) is 0 Å². The number of methoxy groups -OCH3 is 1. The summed E-state index contributed by atoms with van der Waals surface area (Å²) >= 11 is 0. The van der Waals surface area contributed by atoms with Crippen molar-refractivity contribution in [1.82, 2.24) is 14.9 Å². The second kappa shape index (κ2) is 6.69. The molecule has 0 saturated heterocycles. The maximum atomic E-state index is 9.04. The lowest BCUT2D eigenvalue weighted by Crippen LogP contribution is -2.19. The first-order chi connectivity index (χ1) is 9.36. The van der Waals surface area contributed by atoms with E-state index in [2.05, 4.69) is 16.4 Å². The summed E-state index contributed by atoms with van der Waals surface area (Å²) < 4.78 is 6.80. The Morgan fingerprint density at radius 1 is 1.42 bits per heavy atom. The lowest BCUT2D eigenvalue weighted by atomic mass is 10.1. The number of hydrogen-bond donors (Lipinski definition) is 1. The topological polar surface area (TPSA) is 62.9 Å². The largest absolute Gasteiger partial charge is 0.383 e. The van der Waals surface area contributed by atoms with Crippen LogP contribution in [-0.4, -0.2) is 29.8 Å². The highest BCUT2D eigenvalue weighted by Gasteiger charge is 2.07. The molecule has 0 fully saturated rings. The average molecular weight is 256 g/mol. The van der Waals surface area contributed by atoms with Gasteiger partial charge in [0.05, 0.1) is 12.3 Å². The molecule has 1 N–H and O–H groups in total. The van der Waals surface area contributed by atoms with Gasteiger partial charge in [-0.2, -0.15) is 5.26 Å². The third-order valence-corrected chi connectivity index (χ3v) is 2.79. The second-order valence-corrected chi connectivity index (χ2v) is 4.03. The van der Waals surface area contributed by atoms with Gasteiger partial charge in [-0.15, -0.1) is 0 Å². The molecule has 0 saturated carbocycles. The van der Waals surface area contributed by atoms with Gasteiger partial charge in [0.2, 0.25) is 5.82 Å². The molecule has 1 heterocycles. The normalized spacial score (nSPS) is 10.3. The minimum absolute atomic E-state index is 0.393. The van der Waals surface area contributed by atoms with Gasteiger partial charge in [-0.25, -0.2) is 4.98 Å². The Morgan fingerprint density at radius 2 is 2.26 bits per heavy atom. The first-order valence-corrected chi connectivity index (χ1v) is 6.08. The van der Waals surface area contributed by atoms with E-state index in [0.29, 0.717) is 12.4 Å². The Bertz CT molecular complexity index is 571. The number of ether oxygens (including phenoxy) is 1. The molecule has 19 heavy (non-hydrogen) atoms. The van der Waals surface area contributed by atoms with Gasteiger partial charge in [0.15, 0.2) is 0 Å². The molecule has 2 rings (SSSR count). The molecule has 5 heteroatoms. The van der Waals surface area contributed by atoms with Crippen LogP contribution in [0.15, 0.2) is 36.7 Å². The summed E-state index contributed by atoms with van der Waals surface area (Å²) in [6.45, 7) is 2.19. The zero-order valence-electron chi connectivity index (χ0n) is 10.8. The molecular weight excluding hydrogens is 240 g/mol. The fourth-order valence-electron chi connectivity index (χ4n) is 1.87. The number of nitrogens with one attached hydrogen (secondary N) is 1. The van der Waals surface area contributed by atoms with Crippen molar-refractivity contribution in [2.24, 2.45) is 0 Å². The lowest BCUT2D eigenvalue weighted by molar-refractivity contribution is 0.199. The molecule has 0 radical (unpaired) electrons. The molecule has 1 aromatic heterocycles. The van der Waals surface area contributed by atoms with Crippen LogP contribution < -0.4 is 5.32 Å². The average Bonchev–Trinajstić information content (AvgIpc) is 2.92. The van der Waals surface area contributed by atoms with Crippen LogP contribution in [-0.2, 0) is 11.3 Å². The van der Waals surface area contributed by atoms with Crippen LogP contribution in [0.2, 0.25) is 0 Å². The molecule has 0 aliphatic carbocycles. The van der Waals surface area contributed by atoms with Gasteiger partial charge in [-0.1, -0.05) is 18.2 Å². The van der Waals surface area contributed by atoms with E-state index >= 15 is 0 Å². The summed E-state index contributed by atoms with van der Waals surface area (Å²) in [5.74, 6) is 0.393. The Balaban J connectivity index is 2.19. The summed E-state index contributed by atoms with van der Waals surface area (Å²) in [5, 5.41) is 12.3. The molecule has 0 atom stereocenters. The monoisotopic (exact) mass is 256 g/mol. The predicted molar refractivity (Wildman–Crippen MR) is 71.9 cm³/mol. The van der Waals surface area contributed by atoms with Crippen LogP contribution in [0, 0.1) is 11.3 Å². The molecular formula is C14H16N4O. The molecule has 0 spiro atoms. The maximum Gasteiger partial charge on any atom is 0.217 e. The van der Waals surface area contributed by atoms with Crippen molar-refractivity contribution in [3.8, 4) is 11.8 Å². The SMILES string of the molecule is COCCNCc1ccccc1-n1ccnc1C#N. The fourth-order valence-corrected chi connectivity index (χ4v) is 1.87. The number of nitrogens with zero attached hydrogens (tertiary/aromatic N) is 3. The fraction of sp³-hybridized carbons (Fsp3) is 0.286. The van der Waals surface area contributed by atoms with E-state index in [1.54, 1.807) is 24.1 Å². The second-order valence-electron chi connectivity index (χ2n) is 4.03. The first-order valence-electron chi connectivity index (χ1n) is 6.08. The smallest absolute Gasteiger partial charge is 0.217 e. The highest BCUT2D eigenvalue weighted by atomic mass is 16.5. The molecule has 1 aromatic carbocycles. The van der Waals surface area contributed by atoms with Gasteiger partial charge in [0.1, 0.15) is 6.07 Å². The van der Waals surface area contributed by atoms with E-state index < -0.39 is 0 Å². The number of para-hydroxylation sites is 1. The number of aromatic nitrogens is 2. The number of nitriles is 1. The van der Waals surface area contributed by atoms with Crippen molar-refractivity contribution in [2.75, 3.05) is 20.3 Å². The molecule has 98 valence electrons. The van der Waals surface area contributed by atoms with Crippen molar-refractivity contribution in [2.45, 2.75) is 6.54 Å². The maximum absolute atomic E-state index is 9.04. The van der Waals surface area contributed by atoms with Crippen LogP contribution >= 0.6 is 0 Å². The summed E-state index contributed by atoms with van der Waals surface area (Å²) in [7, 11) is 1.68.